The number of halogens is 1. The number of rotatable bonds is 1. The molecule has 0 saturated heterocycles. The van der Waals surface area contributed by atoms with Gasteiger partial charge in [0.05, 0.1) is 0 Å². The van der Waals surface area contributed by atoms with Crippen LogP contribution < -0.4 is 0 Å². The third kappa shape index (κ3) is 1.70. The lowest BCUT2D eigenvalue weighted by Gasteiger charge is -2.12. The van der Waals surface area contributed by atoms with Crippen LogP contribution in [0.25, 0.3) is 11.0 Å². The number of hydrogen-bond acceptors (Lipinski definition) is 2. The fourth-order valence-electron chi connectivity index (χ4n) is 1.32. The van der Waals surface area contributed by atoms with Gasteiger partial charge in [-0.1, -0.05) is 15.9 Å². The van der Waals surface area contributed by atoms with Gasteiger partial charge in [0, 0.05) is 9.86 Å². The lowest BCUT2D eigenvalue weighted by atomic mass is 10.1. The molecule has 14 heavy (non-hydrogen) atoms. The van der Waals surface area contributed by atoms with Crippen LogP contribution >= 0.6 is 15.9 Å². The number of hydrogen-bond donors (Lipinski definition) is 1. The number of furan rings is 1. The molecule has 1 aromatic heterocycles. The second kappa shape index (κ2) is 3.11. The average molecular weight is 255 g/mol. The summed E-state index contributed by atoms with van der Waals surface area (Å²) in [6.45, 7) is 3.42. The molecule has 0 aliphatic carbocycles. The molecule has 1 N–H and O–H groups in total. The van der Waals surface area contributed by atoms with E-state index in [4.69, 9.17) is 4.42 Å². The summed E-state index contributed by atoms with van der Waals surface area (Å²) in [6, 6.07) is 7.63. The van der Waals surface area contributed by atoms with Crippen molar-refractivity contribution >= 4 is 26.9 Å². The summed E-state index contributed by atoms with van der Waals surface area (Å²) in [6.07, 6.45) is 0. The molecule has 0 saturated carbocycles. The van der Waals surface area contributed by atoms with Crippen molar-refractivity contribution < 1.29 is 9.52 Å². The Balaban J connectivity index is 2.63. The molecule has 74 valence electrons. The van der Waals surface area contributed by atoms with Crippen LogP contribution in [0, 0.1) is 0 Å². The van der Waals surface area contributed by atoms with Crippen molar-refractivity contribution in [3.8, 4) is 0 Å². The van der Waals surface area contributed by atoms with Crippen LogP contribution in [0.15, 0.2) is 33.2 Å². The molecule has 0 bridgehead atoms. The molecular weight excluding hydrogens is 244 g/mol. The third-order valence-electron chi connectivity index (χ3n) is 2.08. The van der Waals surface area contributed by atoms with E-state index in [1.54, 1.807) is 13.8 Å². The van der Waals surface area contributed by atoms with Gasteiger partial charge >= 0.3 is 0 Å². The fourth-order valence-corrected chi connectivity index (χ4v) is 1.69. The molecule has 0 fully saturated rings. The van der Waals surface area contributed by atoms with Gasteiger partial charge in [-0.05, 0) is 38.1 Å². The minimum absolute atomic E-state index is 0.589. The molecule has 3 heteroatoms. The topological polar surface area (TPSA) is 33.4 Å². The van der Waals surface area contributed by atoms with Gasteiger partial charge in [0.25, 0.3) is 0 Å². The predicted molar refractivity (Wildman–Crippen MR) is 59.2 cm³/mol. The van der Waals surface area contributed by atoms with E-state index in [0.717, 1.165) is 15.4 Å². The Morgan fingerprint density at radius 1 is 1.29 bits per heavy atom. The molecule has 1 aromatic carbocycles. The van der Waals surface area contributed by atoms with E-state index in [1.165, 1.54) is 0 Å². The predicted octanol–water partition coefficient (Wildman–Crippen LogP) is 3.42. The minimum Gasteiger partial charge on any atom is -0.458 e. The van der Waals surface area contributed by atoms with Gasteiger partial charge in [0.1, 0.15) is 16.9 Å². The first-order valence-electron chi connectivity index (χ1n) is 4.39. The maximum atomic E-state index is 9.75. The highest BCUT2D eigenvalue weighted by atomic mass is 79.9. The lowest BCUT2D eigenvalue weighted by Crippen LogP contribution is -2.13. The van der Waals surface area contributed by atoms with Crippen LogP contribution in [0.1, 0.15) is 19.6 Å². The highest BCUT2D eigenvalue weighted by molar-refractivity contribution is 9.10. The number of fused-ring (bicyclic) bond motifs is 1. The lowest BCUT2D eigenvalue weighted by molar-refractivity contribution is 0.0559. The Morgan fingerprint density at radius 3 is 2.64 bits per heavy atom. The van der Waals surface area contributed by atoms with Crippen LogP contribution in [-0.4, -0.2) is 5.11 Å². The number of aliphatic hydroxyl groups is 1. The second-order valence-electron chi connectivity index (χ2n) is 3.85. The highest BCUT2D eigenvalue weighted by Gasteiger charge is 2.20. The van der Waals surface area contributed by atoms with E-state index in [2.05, 4.69) is 15.9 Å². The van der Waals surface area contributed by atoms with Crippen LogP contribution in [0.5, 0.6) is 0 Å². The first kappa shape index (κ1) is 9.74. The molecule has 0 spiro atoms. The Morgan fingerprint density at radius 2 is 2.00 bits per heavy atom. The first-order chi connectivity index (χ1) is 6.47. The monoisotopic (exact) mass is 254 g/mol. The molecule has 0 atom stereocenters. The van der Waals surface area contributed by atoms with Crippen molar-refractivity contribution in [2.75, 3.05) is 0 Å². The summed E-state index contributed by atoms with van der Waals surface area (Å²) in [5.41, 5.74) is -0.129. The maximum absolute atomic E-state index is 9.75. The van der Waals surface area contributed by atoms with E-state index < -0.39 is 5.60 Å². The fraction of sp³-hybridized carbons (Fsp3) is 0.273. The van der Waals surface area contributed by atoms with Gasteiger partial charge in [-0.2, -0.15) is 0 Å². The molecular formula is C11H11BrO2. The van der Waals surface area contributed by atoms with Gasteiger partial charge in [-0.15, -0.1) is 0 Å². The standard InChI is InChI=1S/C11H11BrO2/c1-11(2,13)10-6-7-5-8(12)3-4-9(7)14-10/h3-6,13H,1-2H3. The molecule has 0 aliphatic heterocycles. The van der Waals surface area contributed by atoms with Crippen molar-refractivity contribution in [3.63, 3.8) is 0 Å². The SMILES string of the molecule is CC(C)(O)c1cc2cc(Br)ccc2o1. The van der Waals surface area contributed by atoms with E-state index in [1.807, 2.05) is 24.3 Å². The molecule has 0 aliphatic rings. The van der Waals surface area contributed by atoms with E-state index >= 15 is 0 Å². The second-order valence-corrected chi connectivity index (χ2v) is 4.77. The quantitative estimate of drug-likeness (QED) is 0.846. The zero-order valence-corrected chi connectivity index (χ0v) is 9.63. The summed E-state index contributed by atoms with van der Waals surface area (Å²) in [5.74, 6) is 0.589. The first-order valence-corrected chi connectivity index (χ1v) is 5.18. The zero-order chi connectivity index (χ0) is 10.3. The van der Waals surface area contributed by atoms with Crippen molar-refractivity contribution in [3.05, 3.63) is 34.5 Å². The molecule has 2 nitrogen and oxygen atoms in total. The molecule has 0 radical (unpaired) electrons. The van der Waals surface area contributed by atoms with E-state index in [0.29, 0.717) is 5.76 Å². The molecule has 0 unspecified atom stereocenters. The van der Waals surface area contributed by atoms with Crippen LogP contribution in [0.3, 0.4) is 0 Å². The average Bonchev–Trinajstić information content (AvgIpc) is 2.45. The molecule has 0 amide bonds. The van der Waals surface area contributed by atoms with Gasteiger partial charge < -0.3 is 9.52 Å². The Labute approximate surface area is 90.7 Å². The van der Waals surface area contributed by atoms with Crippen LogP contribution in [0.2, 0.25) is 0 Å². The minimum atomic E-state index is -0.925. The summed E-state index contributed by atoms with van der Waals surface area (Å²) >= 11 is 3.39. The van der Waals surface area contributed by atoms with Crippen molar-refractivity contribution in [1.82, 2.24) is 0 Å². The van der Waals surface area contributed by atoms with Crippen LogP contribution in [0.4, 0.5) is 0 Å². The Bertz CT molecular complexity index is 466. The van der Waals surface area contributed by atoms with Crippen molar-refractivity contribution in [2.45, 2.75) is 19.4 Å². The molecule has 2 aromatic rings. The van der Waals surface area contributed by atoms with Gasteiger partial charge in [-0.3, -0.25) is 0 Å². The van der Waals surface area contributed by atoms with E-state index in [-0.39, 0.29) is 0 Å². The highest BCUT2D eigenvalue weighted by Crippen LogP contribution is 2.29. The van der Waals surface area contributed by atoms with Gasteiger partial charge in [0.15, 0.2) is 0 Å². The van der Waals surface area contributed by atoms with E-state index in [9.17, 15) is 5.11 Å². The Hall–Kier alpha value is -0.800. The van der Waals surface area contributed by atoms with Crippen molar-refractivity contribution in [1.29, 1.82) is 0 Å². The number of benzene rings is 1. The normalized spacial score (nSPS) is 12.3. The van der Waals surface area contributed by atoms with Crippen molar-refractivity contribution in [2.24, 2.45) is 0 Å². The maximum Gasteiger partial charge on any atom is 0.136 e. The summed E-state index contributed by atoms with van der Waals surface area (Å²) < 4.78 is 6.52. The Kier molecular flexibility index (Phi) is 2.16. The summed E-state index contributed by atoms with van der Waals surface area (Å²) in [7, 11) is 0. The molecule has 1 heterocycles. The summed E-state index contributed by atoms with van der Waals surface area (Å²) in [4.78, 5) is 0. The van der Waals surface area contributed by atoms with Crippen LogP contribution in [-0.2, 0) is 5.60 Å². The molecule has 2 rings (SSSR count). The smallest absolute Gasteiger partial charge is 0.136 e. The van der Waals surface area contributed by atoms with Gasteiger partial charge in [0.2, 0.25) is 0 Å². The zero-order valence-electron chi connectivity index (χ0n) is 8.04. The van der Waals surface area contributed by atoms with Gasteiger partial charge in [-0.25, -0.2) is 0 Å². The summed E-state index contributed by atoms with van der Waals surface area (Å²) in [5, 5.41) is 10.8. The largest absolute Gasteiger partial charge is 0.458 e. The third-order valence-corrected chi connectivity index (χ3v) is 2.57.